The Bertz CT molecular complexity index is 884. The van der Waals surface area contributed by atoms with Crippen molar-refractivity contribution in [2.24, 2.45) is 5.14 Å². The molecular formula is C15H15F2N3O2S2. The number of halogens is 2. The fraction of sp³-hybridized carbons (Fsp3) is 0.267. The summed E-state index contributed by atoms with van der Waals surface area (Å²) in [5, 5.41) is 5.70. The highest BCUT2D eigenvalue weighted by Crippen LogP contribution is 2.29. The van der Waals surface area contributed by atoms with Crippen LogP contribution in [-0.4, -0.2) is 26.5 Å². The number of nitrogens with zero attached hydrogens (tertiary/aromatic N) is 2. The molecule has 0 spiro atoms. The summed E-state index contributed by atoms with van der Waals surface area (Å²) in [4.78, 5) is 6.10. The Morgan fingerprint density at radius 1 is 1.21 bits per heavy atom. The van der Waals surface area contributed by atoms with Crippen LogP contribution in [0.1, 0.15) is 18.4 Å². The van der Waals surface area contributed by atoms with Crippen LogP contribution in [-0.2, 0) is 10.0 Å². The molecule has 128 valence electrons. The number of sulfonamides is 1. The lowest BCUT2D eigenvalue weighted by Crippen LogP contribution is -2.30. The van der Waals surface area contributed by atoms with Gasteiger partial charge >= 0.3 is 0 Å². The number of thiazole rings is 1. The van der Waals surface area contributed by atoms with Crippen molar-refractivity contribution >= 4 is 32.6 Å². The van der Waals surface area contributed by atoms with Gasteiger partial charge in [0.1, 0.15) is 0 Å². The van der Waals surface area contributed by atoms with Crippen molar-refractivity contribution in [1.29, 1.82) is 0 Å². The Labute approximate surface area is 142 Å². The lowest BCUT2D eigenvalue weighted by Gasteiger charge is -2.28. The molecule has 1 aromatic carbocycles. The van der Waals surface area contributed by atoms with Gasteiger partial charge in [0.15, 0.2) is 21.0 Å². The number of benzene rings is 1. The third-order valence-electron chi connectivity index (χ3n) is 3.74. The Balaban J connectivity index is 1.68. The van der Waals surface area contributed by atoms with Gasteiger partial charge in [0, 0.05) is 13.1 Å². The van der Waals surface area contributed by atoms with E-state index in [0.717, 1.165) is 35.8 Å². The Hall–Kier alpha value is -1.84. The minimum absolute atomic E-state index is 0.0422. The largest absolute Gasteiger partial charge is 0.347 e. The minimum atomic E-state index is -3.73. The van der Waals surface area contributed by atoms with Crippen molar-refractivity contribution in [3.05, 3.63) is 47.2 Å². The van der Waals surface area contributed by atoms with Gasteiger partial charge in [0.25, 0.3) is 0 Å². The molecule has 0 amide bonds. The summed E-state index contributed by atoms with van der Waals surface area (Å²) >= 11 is 1.05. The van der Waals surface area contributed by atoms with Crippen molar-refractivity contribution in [1.82, 2.24) is 4.98 Å². The molecule has 1 aliphatic heterocycles. The second kappa shape index (κ2) is 6.58. The molecule has 2 heterocycles. The SMILES string of the molecule is NS(=O)(=O)c1cnc(N2CCC(=Cc3ccc(F)c(F)c3)CC2)s1. The molecule has 3 rings (SSSR count). The van der Waals surface area contributed by atoms with E-state index >= 15 is 0 Å². The average Bonchev–Trinajstić information content (AvgIpc) is 3.02. The molecule has 0 radical (unpaired) electrons. The second-order valence-electron chi connectivity index (χ2n) is 5.47. The van der Waals surface area contributed by atoms with Gasteiger partial charge in [-0.3, -0.25) is 0 Å². The first-order valence-electron chi connectivity index (χ1n) is 7.21. The van der Waals surface area contributed by atoms with Crippen LogP contribution >= 0.6 is 11.3 Å². The van der Waals surface area contributed by atoms with Crippen molar-refractivity contribution in [3.63, 3.8) is 0 Å². The van der Waals surface area contributed by atoms with Gasteiger partial charge in [0.05, 0.1) is 6.20 Å². The summed E-state index contributed by atoms with van der Waals surface area (Å²) in [5.41, 5.74) is 1.75. The van der Waals surface area contributed by atoms with E-state index in [4.69, 9.17) is 5.14 Å². The van der Waals surface area contributed by atoms with Gasteiger partial charge in [-0.05, 0) is 30.5 Å². The maximum atomic E-state index is 13.2. The maximum Gasteiger partial charge on any atom is 0.249 e. The molecule has 2 N–H and O–H groups in total. The fourth-order valence-corrected chi connectivity index (χ4v) is 4.09. The number of rotatable bonds is 3. The van der Waals surface area contributed by atoms with Crippen molar-refractivity contribution in [2.45, 2.75) is 17.1 Å². The predicted octanol–water partition coefficient (Wildman–Crippen LogP) is 2.75. The summed E-state index contributed by atoms with van der Waals surface area (Å²) in [6, 6.07) is 3.83. The van der Waals surface area contributed by atoms with E-state index in [1.54, 1.807) is 0 Å². The molecule has 0 bridgehead atoms. The highest BCUT2D eigenvalue weighted by atomic mass is 32.2. The number of piperidine rings is 1. The Kier molecular flexibility index (Phi) is 4.66. The van der Waals surface area contributed by atoms with E-state index in [-0.39, 0.29) is 4.21 Å². The summed E-state index contributed by atoms with van der Waals surface area (Å²) in [6.45, 7) is 1.35. The average molecular weight is 371 g/mol. The number of aromatic nitrogens is 1. The van der Waals surface area contributed by atoms with Crippen molar-refractivity contribution in [2.75, 3.05) is 18.0 Å². The molecular weight excluding hydrogens is 356 g/mol. The first-order chi connectivity index (χ1) is 11.3. The van der Waals surface area contributed by atoms with Gasteiger partial charge in [0.2, 0.25) is 10.0 Å². The van der Waals surface area contributed by atoms with Crippen LogP contribution in [0.2, 0.25) is 0 Å². The van der Waals surface area contributed by atoms with Crippen molar-refractivity contribution in [3.8, 4) is 0 Å². The lowest BCUT2D eigenvalue weighted by atomic mass is 10.0. The third kappa shape index (κ3) is 3.80. The smallest absolute Gasteiger partial charge is 0.249 e. The first-order valence-corrected chi connectivity index (χ1v) is 9.57. The number of hydrogen-bond acceptors (Lipinski definition) is 5. The summed E-state index contributed by atoms with van der Waals surface area (Å²) in [5.74, 6) is -1.72. The molecule has 24 heavy (non-hydrogen) atoms. The molecule has 1 saturated heterocycles. The molecule has 0 saturated carbocycles. The van der Waals surface area contributed by atoms with E-state index in [1.807, 2.05) is 11.0 Å². The highest BCUT2D eigenvalue weighted by Gasteiger charge is 2.20. The number of nitrogens with two attached hydrogens (primary N) is 1. The van der Waals surface area contributed by atoms with Gasteiger partial charge < -0.3 is 4.90 Å². The molecule has 0 atom stereocenters. The zero-order valence-corrected chi connectivity index (χ0v) is 14.2. The van der Waals surface area contributed by atoms with E-state index in [0.29, 0.717) is 23.8 Å². The zero-order chi connectivity index (χ0) is 17.3. The van der Waals surface area contributed by atoms with Crippen LogP contribution in [0.4, 0.5) is 13.9 Å². The van der Waals surface area contributed by atoms with Crippen molar-refractivity contribution < 1.29 is 17.2 Å². The van der Waals surface area contributed by atoms with E-state index < -0.39 is 21.7 Å². The van der Waals surface area contributed by atoms with Crippen LogP contribution in [0.25, 0.3) is 6.08 Å². The molecule has 9 heteroatoms. The van der Waals surface area contributed by atoms with Crippen LogP contribution in [0.3, 0.4) is 0 Å². The molecule has 1 aromatic heterocycles. The second-order valence-corrected chi connectivity index (χ2v) is 8.27. The van der Waals surface area contributed by atoms with Crippen LogP contribution < -0.4 is 10.0 Å². The Morgan fingerprint density at radius 3 is 2.50 bits per heavy atom. The van der Waals surface area contributed by atoms with Crippen LogP contribution in [0.5, 0.6) is 0 Å². The number of hydrogen-bond donors (Lipinski definition) is 1. The molecule has 0 aliphatic carbocycles. The summed E-state index contributed by atoms with van der Waals surface area (Å²) < 4.78 is 48.8. The topological polar surface area (TPSA) is 76.3 Å². The summed E-state index contributed by atoms with van der Waals surface area (Å²) in [6.07, 6.45) is 4.60. The molecule has 2 aromatic rings. The predicted molar refractivity (Wildman–Crippen MR) is 89.3 cm³/mol. The van der Waals surface area contributed by atoms with Gasteiger partial charge in [-0.15, -0.1) is 0 Å². The number of primary sulfonamides is 1. The van der Waals surface area contributed by atoms with Gasteiger partial charge in [-0.25, -0.2) is 27.3 Å². The molecule has 1 aliphatic rings. The quantitative estimate of drug-likeness (QED) is 0.900. The zero-order valence-electron chi connectivity index (χ0n) is 12.6. The summed E-state index contributed by atoms with van der Waals surface area (Å²) in [7, 11) is -3.73. The van der Waals surface area contributed by atoms with Gasteiger partial charge in [-0.2, -0.15) is 0 Å². The monoisotopic (exact) mass is 371 g/mol. The lowest BCUT2D eigenvalue weighted by molar-refractivity contribution is 0.508. The highest BCUT2D eigenvalue weighted by molar-refractivity contribution is 7.91. The third-order valence-corrected chi connectivity index (χ3v) is 6.21. The van der Waals surface area contributed by atoms with Gasteiger partial charge in [-0.1, -0.05) is 29.1 Å². The number of anilines is 1. The molecule has 1 fully saturated rings. The molecule has 0 unspecified atom stereocenters. The maximum absolute atomic E-state index is 13.2. The molecule has 5 nitrogen and oxygen atoms in total. The standard InChI is InChI=1S/C15H15F2N3O2S2/c16-12-2-1-11(8-13(12)17)7-10-3-5-20(6-4-10)15-19-9-14(23-15)24(18,21)22/h1-2,7-9H,3-6H2,(H2,18,21,22). The first kappa shape index (κ1) is 17.0. The normalized spacial score (nSPS) is 15.6. The van der Waals surface area contributed by atoms with E-state index in [2.05, 4.69) is 4.98 Å². The van der Waals surface area contributed by atoms with E-state index in [9.17, 15) is 17.2 Å². The van der Waals surface area contributed by atoms with E-state index in [1.165, 1.54) is 18.3 Å². The minimum Gasteiger partial charge on any atom is -0.347 e. The fourth-order valence-electron chi connectivity index (χ4n) is 2.50. The Morgan fingerprint density at radius 2 is 1.92 bits per heavy atom. The van der Waals surface area contributed by atoms with Crippen LogP contribution in [0, 0.1) is 11.6 Å². The van der Waals surface area contributed by atoms with Crippen LogP contribution in [0.15, 0.2) is 34.2 Å².